The molecule has 1 rings (SSSR count). The second kappa shape index (κ2) is 2.26. The van der Waals surface area contributed by atoms with Crippen molar-refractivity contribution >= 4 is 5.82 Å². The van der Waals surface area contributed by atoms with Crippen LogP contribution >= 0.6 is 0 Å². The van der Waals surface area contributed by atoms with Gasteiger partial charge in [-0.3, -0.25) is 0 Å². The lowest BCUT2D eigenvalue weighted by Crippen LogP contribution is -2.17. The van der Waals surface area contributed by atoms with Crippen molar-refractivity contribution in [3.05, 3.63) is 12.0 Å². The first-order chi connectivity index (χ1) is 4.93. The van der Waals surface area contributed by atoms with Crippen molar-refractivity contribution in [2.45, 2.75) is 26.2 Å². The monoisotopic (exact) mass is 153 g/mol. The third kappa shape index (κ3) is 1.37. The van der Waals surface area contributed by atoms with Gasteiger partial charge in [-0.1, -0.05) is 20.8 Å². The van der Waals surface area contributed by atoms with Crippen LogP contribution in [0.3, 0.4) is 0 Å². The van der Waals surface area contributed by atoms with Gasteiger partial charge in [0.25, 0.3) is 0 Å². The zero-order valence-electron chi connectivity index (χ0n) is 7.55. The van der Waals surface area contributed by atoms with Crippen LogP contribution in [0.2, 0.25) is 0 Å². The fourth-order valence-corrected chi connectivity index (χ4v) is 1.12. The molecule has 0 aliphatic rings. The molecule has 0 saturated heterocycles. The van der Waals surface area contributed by atoms with Gasteiger partial charge in [0.05, 0.1) is 6.20 Å². The van der Waals surface area contributed by atoms with E-state index in [4.69, 9.17) is 5.73 Å². The van der Waals surface area contributed by atoms with Crippen LogP contribution in [0.4, 0.5) is 5.82 Å². The van der Waals surface area contributed by atoms with Gasteiger partial charge >= 0.3 is 0 Å². The molecule has 3 heteroatoms. The molecule has 0 atom stereocenters. The lowest BCUT2D eigenvalue weighted by atomic mass is 9.96. The summed E-state index contributed by atoms with van der Waals surface area (Å²) in [5, 5.41) is 0. The van der Waals surface area contributed by atoms with Crippen LogP contribution in [0.5, 0.6) is 0 Å². The molecule has 11 heavy (non-hydrogen) atoms. The first-order valence-electron chi connectivity index (χ1n) is 3.70. The molecule has 1 heterocycles. The maximum Gasteiger partial charge on any atom is 0.123 e. The summed E-state index contributed by atoms with van der Waals surface area (Å²) in [6.45, 7) is 6.36. The van der Waals surface area contributed by atoms with Crippen LogP contribution in [-0.4, -0.2) is 9.55 Å². The van der Waals surface area contributed by atoms with Crippen molar-refractivity contribution < 1.29 is 0 Å². The number of hydrogen-bond donors (Lipinski definition) is 1. The third-order valence-corrected chi connectivity index (χ3v) is 1.69. The molecule has 0 spiro atoms. The zero-order valence-corrected chi connectivity index (χ0v) is 7.55. The van der Waals surface area contributed by atoms with Gasteiger partial charge in [-0.2, -0.15) is 0 Å². The minimum Gasteiger partial charge on any atom is -0.384 e. The van der Waals surface area contributed by atoms with Crippen molar-refractivity contribution in [2.75, 3.05) is 5.73 Å². The van der Waals surface area contributed by atoms with Gasteiger partial charge in [0.2, 0.25) is 0 Å². The minimum atomic E-state index is 0.0758. The van der Waals surface area contributed by atoms with Crippen LogP contribution in [0.25, 0.3) is 0 Å². The molecule has 0 aliphatic heterocycles. The number of anilines is 1. The number of rotatable bonds is 0. The molecule has 62 valence electrons. The highest BCUT2D eigenvalue weighted by atomic mass is 15.1. The van der Waals surface area contributed by atoms with Crippen molar-refractivity contribution in [2.24, 2.45) is 7.05 Å². The van der Waals surface area contributed by atoms with E-state index in [0.29, 0.717) is 0 Å². The summed E-state index contributed by atoms with van der Waals surface area (Å²) < 4.78 is 1.92. The van der Waals surface area contributed by atoms with Gasteiger partial charge in [0, 0.05) is 12.5 Å². The number of nitrogen functional groups attached to an aromatic ring is 1. The van der Waals surface area contributed by atoms with E-state index in [1.807, 2.05) is 11.6 Å². The Morgan fingerprint density at radius 1 is 1.45 bits per heavy atom. The standard InChI is InChI=1S/C8H15N3/c1-8(2,3)7-10-5-6(9)11(7)4/h5H,9H2,1-4H3. The van der Waals surface area contributed by atoms with E-state index in [1.54, 1.807) is 6.20 Å². The fourth-order valence-electron chi connectivity index (χ4n) is 1.12. The van der Waals surface area contributed by atoms with E-state index >= 15 is 0 Å². The minimum absolute atomic E-state index is 0.0758. The lowest BCUT2D eigenvalue weighted by Gasteiger charge is -2.17. The second-order valence-corrected chi connectivity index (χ2v) is 3.82. The highest BCUT2D eigenvalue weighted by molar-refractivity contribution is 5.29. The van der Waals surface area contributed by atoms with E-state index in [1.165, 1.54) is 0 Å². The molecule has 0 radical (unpaired) electrons. The second-order valence-electron chi connectivity index (χ2n) is 3.82. The molecule has 0 aromatic carbocycles. The predicted molar refractivity (Wildman–Crippen MR) is 46.3 cm³/mol. The van der Waals surface area contributed by atoms with Gasteiger partial charge in [-0.15, -0.1) is 0 Å². The Kier molecular flexibility index (Phi) is 1.66. The Balaban J connectivity index is 3.15. The van der Waals surface area contributed by atoms with E-state index in [-0.39, 0.29) is 5.41 Å². The largest absolute Gasteiger partial charge is 0.384 e. The SMILES string of the molecule is Cn1c(N)cnc1C(C)(C)C. The van der Waals surface area contributed by atoms with Crippen molar-refractivity contribution in [1.82, 2.24) is 9.55 Å². The molecule has 0 fully saturated rings. The lowest BCUT2D eigenvalue weighted by molar-refractivity contribution is 0.524. The predicted octanol–water partition coefficient (Wildman–Crippen LogP) is 1.30. The first kappa shape index (κ1) is 8.11. The Hall–Kier alpha value is -0.990. The molecule has 1 aromatic rings. The summed E-state index contributed by atoms with van der Waals surface area (Å²) in [4.78, 5) is 4.22. The Morgan fingerprint density at radius 3 is 2.18 bits per heavy atom. The van der Waals surface area contributed by atoms with E-state index in [2.05, 4.69) is 25.8 Å². The van der Waals surface area contributed by atoms with Crippen LogP contribution in [0.1, 0.15) is 26.6 Å². The summed E-state index contributed by atoms with van der Waals surface area (Å²) in [6, 6.07) is 0. The van der Waals surface area contributed by atoms with Gasteiger partial charge in [0.15, 0.2) is 0 Å². The van der Waals surface area contributed by atoms with Crippen molar-refractivity contribution in [3.63, 3.8) is 0 Å². The zero-order chi connectivity index (χ0) is 8.65. The van der Waals surface area contributed by atoms with Crippen LogP contribution in [0, 0.1) is 0 Å². The number of aromatic nitrogens is 2. The summed E-state index contributed by atoms with van der Waals surface area (Å²) in [6.07, 6.45) is 1.70. The summed E-state index contributed by atoms with van der Waals surface area (Å²) in [7, 11) is 1.93. The molecule has 1 aromatic heterocycles. The normalized spacial score (nSPS) is 12.0. The van der Waals surface area contributed by atoms with Crippen molar-refractivity contribution in [3.8, 4) is 0 Å². The van der Waals surface area contributed by atoms with Gasteiger partial charge < -0.3 is 10.3 Å². The van der Waals surface area contributed by atoms with Crippen LogP contribution in [-0.2, 0) is 12.5 Å². The van der Waals surface area contributed by atoms with E-state index < -0.39 is 0 Å². The summed E-state index contributed by atoms with van der Waals surface area (Å²) >= 11 is 0. The number of nitrogens with zero attached hydrogens (tertiary/aromatic N) is 2. The quantitative estimate of drug-likeness (QED) is 0.610. The molecular weight excluding hydrogens is 138 g/mol. The van der Waals surface area contributed by atoms with Gasteiger partial charge in [-0.25, -0.2) is 4.98 Å². The average molecular weight is 153 g/mol. The molecular formula is C8H15N3. The highest BCUT2D eigenvalue weighted by Gasteiger charge is 2.19. The number of imidazole rings is 1. The smallest absolute Gasteiger partial charge is 0.123 e. The maximum atomic E-state index is 5.64. The molecule has 0 amide bonds. The first-order valence-corrected chi connectivity index (χ1v) is 3.70. The Morgan fingerprint density at radius 2 is 2.00 bits per heavy atom. The molecule has 2 N–H and O–H groups in total. The van der Waals surface area contributed by atoms with Gasteiger partial charge in [0.1, 0.15) is 11.6 Å². The van der Waals surface area contributed by atoms with Crippen molar-refractivity contribution in [1.29, 1.82) is 0 Å². The highest BCUT2D eigenvalue weighted by Crippen LogP contribution is 2.21. The number of hydrogen-bond acceptors (Lipinski definition) is 2. The average Bonchev–Trinajstić information content (AvgIpc) is 2.11. The van der Waals surface area contributed by atoms with Crippen LogP contribution < -0.4 is 5.73 Å². The Bertz CT molecular complexity index is 255. The molecule has 0 saturated carbocycles. The van der Waals surface area contributed by atoms with E-state index in [9.17, 15) is 0 Å². The third-order valence-electron chi connectivity index (χ3n) is 1.69. The Labute approximate surface area is 67.2 Å². The fraction of sp³-hybridized carbons (Fsp3) is 0.625. The van der Waals surface area contributed by atoms with Crippen LogP contribution in [0.15, 0.2) is 6.20 Å². The molecule has 0 aliphatic carbocycles. The molecule has 3 nitrogen and oxygen atoms in total. The topological polar surface area (TPSA) is 43.8 Å². The van der Waals surface area contributed by atoms with E-state index in [0.717, 1.165) is 11.6 Å². The maximum absolute atomic E-state index is 5.64. The molecule has 0 bridgehead atoms. The summed E-state index contributed by atoms with van der Waals surface area (Å²) in [5.41, 5.74) is 5.71. The molecule has 0 unspecified atom stereocenters. The summed E-state index contributed by atoms with van der Waals surface area (Å²) in [5.74, 6) is 1.74. The number of nitrogens with two attached hydrogens (primary N) is 1. The van der Waals surface area contributed by atoms with Gasteiger partial charge in [-0.05, 0) is 0 Å².